The van der Waals surface area contributed by atoms with Gasteiger partial charge in [0.05, 0.1) is 30.7 Å². The first-order chi connectivity index (χ1) is 12.7. The fourth-order valence-electron chi connectivity index (χ4n) is 3.71. The summed E-state index contributed by atoms with van der Waals surface area (Å²) in [5.41, 5.74) is 0.616. The molecule has 136 valence electrons. The molecule has 0 bridgehead atoms. The lowest BCUT2D eigenvalue weighted by Gasteiger charge is -2.18. The zero-order valence-corrected chi connectivity index (χ0v) is 14.9. The number of methoxy groups -OCH3 is 1. The number of rotatable bonds is 4. The van der Waals surface area contributed by atoms with E-state index in [1.54, 1.807) is 24.8 Å². The summed E-state index contributed by atoms with van der Waals surface area (Å²) in [5, 5.41) is 1.17. The van der Waals surface area contributed by atoms with Crippen LogP contribution in [0.1, 0.15) is 19.8 Å². The van der Waals surface area contributed by atoms with Gasteiger partial charge in [-0.3, -0.25) is 18.9 Å². The van der Waals surface area contributed by atoms with E-state index < -0.39 is 0 Å². The maximum absolute atomic E-state index is 13.0. The van der Waals surface area contributed by atoms with Gasteiger partial charge in [0.15, 0.2) is 0 Å². The molecular formula is C19H21N3O4. The smallest absolute Gasteiger partial charge is 0.331 e. The highest BCUT2D eigenvalue weighted by molar-refractivity contribution is 6.04. The maximum atomic E-state index is 13.0. The fourth-order valence-corrected chi connectivity index (χ4v) is 3.71. The van der Waals surface area contributed by atoms with Crippen LogP contribution in [0.3, 0.4) is 0 Å². The molecule has 7 heteroatoms. The van der Waals surface area contributed by atoms with Crippen molar-refractivity contribution in [3.63, 3.8) is 0 Å². The van der Waals surface area contributed by atoms with Gasteiger partial charge in [-0.15, -0.1) is 0 Å². The number of aromatic nitrogens is 3. The minimum atomic E-state index is -0.312. The summed E-state index contributed by atoms with van der Waals surface area (Å²) in [6.45, 7) is 3.24. The van der Waals surface area contributed by atoms with Crippen LogP contribution in [0.5, 0.6) is 5.75 Å². The number of hydrogen-bond acceptors (Lipinski definition) is 5. The standard InChI is InChI=1S/C19H21N3O4/c1-3-21-18(23)14-10-20-16-13(7-4-8-15(16)25-2)17(14)22(19(21)24)11-12-6-5-9-26-12/h4,7-8,10,12H,3,5-6,9,11H2,1-2H3. The number of nitrogens with zero attached hydrogens (tertiary/aromatic N) is 3. The second-order valence-electron chi connectivity index (χ2n) is 6.45. The van der Waals surface area contributed by atoms with Crippen LogP contribution in [0.4, 0.5) is 0 Å². The van der Waals surface area contributed by atoms with E-state index in [1.807, 2.05) is 18.2 Å². The highest BCUT2D eigenvalue weighted by Crippen LogP contribution is 2.28. The van der Waals surface area contributed by atoms with Gasteiger partial charge in [-0.25, -0.2) is 4.79 Å². The van der Waals surface area contributed by atoms with Crippen LogP contribution < -0.4 is 16.0 Å². The summed E-state index contributed by atoms with van der Waals surface area (Å²) in [6.07, 6.45) is 3.42. The molecule has 1 unspecified atom stereocenters. The van der Waals surface area contributed by atoms with Crippen LogP contribution in [0, 0.1) is 0 Å². The van der Waals surface area contributed by atoms with E-state index >= 15 is 0 Å². The van der Waals surface area contributed by atoms with Gasteiger partial charge in [0, 0.05) is 24.7 Å². The summed E-state index contributed by atoms with van der Waals surface area (Å²) < 4.78 is 14.1. The van der Waals surface area contributed by atoms with E-state index in [0.717, 1.165) is 18.2 Å². The Balaban J connectivity index is 2.12. The first-order valence-electron chi connectivity index (χ1n) is 8.86. The van der Waals surface area contributed by atoms with Crippen molar-refractivity contribution in [1.82, 2.24) is 14.1 Å². The van der Waals surface area contributed by atoms with Gasteiger partial charge in [-0.1, -0.05) is 12.1 Å². The topological polar surface area (TPSA) is 75.3 Å². The van der Waals surface area contributed by atoms with Gasteiger partial charge in [-0.2, -0.15) is 0 Å². The molecule has 1 aliphatic rings. The summed E-state index contributed by atoms with van der Waals surface area (Å²) in [6, 6.07) is 5.53. The number of para-hydroxylation sites is 1. The number of ether oxygens (including phenoxy) is 2. The second kappa shape index (κ2) is 6.57. The van der Waals surface area contributed by atoms with Gasteiger partial charge in [0.2, 0.25) is 0 Å². The van der Waals surface area contributed by atoms with E-state index in [9.17, 15) is 9.59 Å². The molecule has 26 heavy (non-hydrogen) atoms. The lowest BCUT2D eigenvalue weighted by Crippen LogP contribution is -2.41. The Labute approximate surface area is 149 Å². The second-order valence-corrected chi connectivity index (χ2v) is 6.45. The van der Waals surface area contributed by atoms with Crippen molar-refractivity contribution in [2.75, 3.05) is 13.7 Å². The molecule has 2 aromatic heterocycles. The van der Waals surface area contributed by atoms with Crippen LogP contribution in [-0.4, -0.2) is 33.9 Å². The molecule has 1 aliphatic heterocycles. The van der Waals surface area contributed by atoms with E-state index in [2.05, 4.69) is 4.98 Å². The zero-order valence-electron chi connectivity index (χ0n) is 14.9. The van der Waals surface area contributed by atoms with Crippen LogP contribution in [0.2, 0.25) is 0 Å². The molecule has 1 saturated heterocycles. The predicted octanol–water partition coefficient (Wildman–Crippen LogP) is 1.92. The molecule has 4 rings (SSSR count). The summed E-state index contributed by atoms with van der Waals surface area (Å²) in [7, 11) is 1.58. The molecule has 3 heterocycles. The maximum Gasteiger partial charge on any atom is 0.331 e. The SMILES string of the molecule is CCn1c(=O)c2cnc3c(OC)cccc3c2n(CC2CCCO2)c1=O. The number of pyridine rings is 1. The fraction of sp³-hybridized carbons (Fsp3) is 0.421. The average molecular weight is 355 g/mol. The molecule has 0 aliphatic carbocycles. The van der Waals surface area contributed by atoms with E-state index in [0.29, 0.717) is 41.9 Å². The Hall–Kier alpha value is -2.67. The average Bonchev–Trinajstić information content (AvgIpc) is 3.17. The minimum absolute atomic E-state index is 0.0208. The van der Waals surface area contributed by atoms with Crippen LogP contribution in [-0.2, 0) is 17.8 Å². The minimum Gasteiger partial charge on any atom is -0.494 e. The number of hydrogen-bond donors (Lipinski definition) is 0. The van der Waals surface area contributed by atoms with Crippen molar-refractivity contribution in [2.24, 2.45) is 0 Å². The molecule has 0 radical (unpaired) electrons. The Bertz CT molecular complexity index is 1090. The Morgan fingerprint density at radius 1 is 1.27 bits per heavy atom. The largest absolute Gasteiger partial charge is 0.494 e. The molecule has 1 atom stereocenters. The molecule has 0 N–H and O–H groups in total. The first kappa shape index (κ1) is 16.8. The molecule has 0 amide bonds. The molecule has 1 fully saturated rings. The van der Waals surface area contributed by atoms with Crippen molar-refractivity contribution >= 4 is 21.8 Å². The van der Waals surface area contributed by atoms with Gasteiger partial charge in [-0.05, 0) is 25.8 Å². The van der Waals surface area contributed by atoms with Gasteiger partial charge < -0.3 is 9.47 Å². The van der Waals surface area contributed by atoms with Crippen molar-refractivity contribution < 1.29 is 9.47 Å². The Kier molecular flexibility index (Phi) is 4.24. The van der Waals surface area contributed by atoms with Gasteiger partial charge in [0.25, 0.3) is 5.56 Å². The van der Waals surface area contributed by atoms with Crippen molar-refractivity contribution in [3.8, 4) is 5.75 Å². The molecule has 0 saturated carbocycles. The normalized spacial score (nSPS) is 17.2. The first-order valence-corrected chi connectivity index (χ1v) is 8.86. The van der Waals surface area contributed by atoms with E-state index in [1.165, 1.54) is 4.57 Å². The van der Waals surface area contributed by atoms with Crippen LogP contribution in [0.25, 0.3) is 21.8 Å². The third-order valence-corrected chi connectivity index (χ3v) is 4.99. The van der Waals surface area contributed by atoms with Crippen molar-refractivity contribution in [2.45, 2.75) is 39.0 Å². The van der Waals surface area contributed by atoms with Gasteiger partial charge >= 0.3 is 5.69 Å². The summed E-state index contributed by atoms with van der Waals surface area (Å²) in [5.74, 6) is 0.611. The van der Waals surface area contributed by atoms with Crippen LogP contribution in [0.15, 0.2) is 34.0 Å². The number of benzene rings is 1. The lowest BCUT2D eigenvalue weighted by atomic mass is 10.1. The molecule has 1 aromatic carbocycles. The summed E-state index contributed by atoms with van der Waals surface area (Å²) >= 11 is 0. The highest BCUT2D eigenvalue weighted by Gasteiger charge is 2.22. The molecule has 3 aromatic rings. The highest BCUT2D eigenvalue weighted by atomic mass is 16.5. The Morgan fingerprint density at radius 2 is 2.12 bits per heavy atom. The van der Waals surface area contributed by atoms with E-state index in [-0.39, 0.29) is 17.4 Å². The monoisotopic (exact) mass is 355 g/mol. The van der Waals surface area contributed by atoms with Crippen molar-refractivity contribution in [1.29, 1.82) is 0 Å². The third kappa shape index (κ3) is 2.50. The zero-order chi connectivity index (χ0) is 18.3. The Morgan fingerprint density at radius 3 is 2.81 bits per heavy atom. The molecular weight excluding hydrogens is 334 g/mol. The third-order valence-electron chi connectivity index (χ3n) is 4.99. The summed E-state index contributed by atoms with van der Waals surface area (Å²) in [4.78, 5) is 30.3. The van der Waals surface area contributed by atoms with Crippen molar-refractivity contribution in [3.05, 3.63) is 45.2 Å². The molecule has 7 nitrogen and oxygen atoms in total. The lowest BCUT2D eigenvalue weighted by molar-refractivity contribution is 0.0966. The molecule has 0 spiro atoms. The quantitative estimate of drug-likeness (QED) is 0.669. The predicted molar refractivity (Wildman–Crippen MR) is 99.0 cm³/mol. The number of fused-ring (bicyclic) bond motifs is 3. The van der Waals surface area contributed by atoms with E-state index in [4.69, 9.17) is 9.47 Å². The van der Waals surface area contributed by atoms with Gasteiger partial charge in [0.1, 0.15) is 11.3 Å². The van der Waals surface area contributed by atoms with Crippen LogP contribution >= 0.6 is 0 Å².